The van der Waals surface area contributed by atoms with Gasteiger partial charge in [0.25, 0.3) is 5.91 Å². The van der Waals surface area contributed by atoms with Gasteiger partial charge in [-0.15, -0.1) is 0 Å². The molecule has 3 rings (SSSR count). The number of carbonyl (C=O) groups excluding carboxylic acids is 2. The summed E-state index contributed by atoms with van der Waals surface area (Å²) in [6, 6.07) is 13.1. The second-order valence-corrected chi connectivity index (χ2v) is 8.07. The number of anilines is 2. The maximum Gasteiger partial charge on any atom is 0.412 e. The average molecular weight is 410 g/mol. The lowest BCUT2D eigenvalue weighted by molar-refractivity contribution is 0.0617. The van der Waals surface area contributed by atoms with Crippen LogP contribution in [0.15, 0.2) is 42.5 Å². The van der Waals surface area contributed by atoms with Crippen LogP contribution in [0.4, 0.5) is 20.6 Å². The van der Waals surface area contributed by atoms with Gasteiger partial charge in [-0.2, -0.15) is 5.26 Å². The van der Waals surface area contributed by atoms with Crippen LogP contribution in [0.3, 0.4) is 0 Å². The zero-order valence-corrected chi connectivity index (χ0v) is 17.0. The van der Waals surface area contributed by atoms with Gasteiger partial charge in [0.05, 0.1) is 23.4 Å². The Morgan fingerprint density at radius 1 is 1.20 bits per heavy atom. The minimum absolute atomic E-state index is 0.0581. The molecular formula is C22H23FN4O3. The summed E-state index contributed by atoms with van der Waals surface area (Å²) in [5.41, 5.74) is 0.812. The quantitative estimate of drug-likeness (QED) is 0.795. The number of amides is 2. The molecule has 156 valence electrons. The molecule has 0 radical (unpaired) electrons. The SMILES string of the molecule is CC(C)(C)OC(=O)Nc1cc(C(=O)N2CC(Nc3cccc(C#N)c3)C2)ccc1F. The van der Waals surface area contributed by atoms with Gasteiger partial charge in [-0.25, -0.2) is 9.18 Å². The van der Waals surface area contributed by atoms with Crippen LogP contribution in [0.5, 0.6) is 0 Å². The molecule has 1 aliphatic rings. The van der Waals surface area contributed by atoms with Crippen molar-refractivity contribution in [2.45, 2.75) is 32.4 Å². The minimum atomic E-state index is -0.793. The monoisotopic (exact) mass is 410 g/mol. The standard InChI is InChI=1S/C22H23FN4O3/c1-22(2,3)30-21(29)26-19-10-15(7-8-18(19)23)20(28)27-12-17(13-27)25-16-6-4-5-14(9-16)11-24/h4-10,17,25H,12-13H2,1-3H3,(H,26,29). The fraction of sp³-hybridized carbons (Fsp3) is 0.318. The summed E-state index contributed by atoms with van der Waals surface area (Å²) >= 11 is 0. The summed E-state index contributed by atoms with van der Waals surface area (Å²) in [6.07, 6.45) is -0.793. The van der Waals surface area contributed by atoms with Gasteiger partial charge in [0, 0.05) is 24.3 Å². The molecule has 1 aliphatic heterocycles. The van der Waals surface area contributed by atoms with Crippen molar-refractivity contribution >= 4 is 23.4 Å². The van der Waals surface area contributed by atoms with Gasteiger partial charge in [-0.3, -0.25) is 10.1 Å². The number of hydrogen-bond acceptors (Lipinski definition) is 5. The Kier molecular flexibility index (Phi) is 5.92. The molecule has 2 aromatic rings. The van der Waals surface area contributed by atoms with E-state index in [1.54, 1.807) is 43.9 Å². The maximum atomic E-state index is 14.1. The third-order valence-electron chi connectivity index (χ3n) is 4.38. The van der Waals surface area contributed by atoms with Crippen molar-refractivity contribution in [2.24, 2.45) is 0 Å². The van der Waals surface area contributed by atoms with Crippen LogP contribution in [0, 0.1) is 17.1 Å². The third kappa shape index (κ3) is 5.26. The van der Waals surface area contributed by atoms with Crippen molar-refractivity contribution in [3.8, 4) is 6.07 Å². The molecule has 0 unspecified atom stereocenters. The Hall–Kier alpha value is -3.60. The molecule has 7 nitrogen and oxygen atoms in total. The molecule has 30 heavy (non-hydrogen) atoms. The molecule has 2 N–H and O–H groups in total. The molecule has 0 atom stereocenters. The Bertz CT molecular complexity index is 1000. The van der Waals surface area contributed by atoms with Gasteiger partial charge in [-0.1, -0.05) is 6.07 Å². The van der Waals surface area contributed by atoms with Crippen LogP contribution in [-0.4, -0.2) is 41.6 Å². The summed E-state index contributed by atoms with van der Waals surface area (Å²) in [5, 5.41) is 14.6. The second kappa shape index (κ2) is 8.41. The van der Waals surface area contributed by atoms with E-state index in [1.807, 2.05) is 6.07 Å². The van der Waals surface area contributed by atoms with Gasteiger partial charge in [0.2, 0.25) is 0 Å². The predicted octanol–water partition coefficient (Wildman–Crippen LogP) is 3.98. The highest BCUT2D eigenvalue weighted by Crippen LogP contribution is 2.22. The van der Waals surface area contributed by atoms with Gasteiger partial charge in [0.15, 0.2) is 0 Å². The number of hydrogen-bond donors (Lipinski definition) is 2. The molecule has 1 heterocycles. The number of benzene rings is 2. The summed E-state index contributed by atoms with van der Waals surface area (Å²) in [6.45, 7) is 6.05. The zero-order valence-electron chi connectivity index (χ0n) is 17.0. The van der Waals surface area contributed by atoms with Gasteiger partial charge in [-0.05, 0) is 57.2 Å². The lowest BCUT2D eigenvalue weighted by atomic mass is 10.1. The molecule has 1 saturated heterocycles. The first kappa shape index (κ1) is 21.1. The normalized spacial score (nSPS) is 13.8. The van der Waals surface area contributed by atoms with Crippen LogP contribution in [0.1, 0.15) is 36.7 Å². The minimum Gasteiger partial charge on any atom is -0.444 e. The lowest BCUT2D eigenvalue weighted by Gasteiger charge is -2.40. The van der Waals surface area contributed by atoms with Crippen LogP contribution >= 0.6 is 0 Å². The fourth-order valence-corrected chi connectivity index (χ4v) is 3.00. The number of nitrogens with zero attached hydrogens (tertiary/aromatic N) is 2. The number of nitriles is 1. The Morgan fingerprint density at radius 2 is 1.93 bits per heavy atom. The smallest absolute Gasteiger partial charge is 0.412 e. The van der Waals surface area contributed by atoms with E-state index in [0.717, 1.165) is 11.8 Å². The lowest BCUT2D eigenvalue weighted by Crippen LogP contribution is -2.57. The van der Waals surface area contributed by atoms with Crippen LogP contribution in [0.25, 0.3) is 0 Å². The summed E-state index contributed by atoms with van der Waals surface area (Å²) < 4.78 is 19.2. The number of likely N-dealkylation sites (tertiary alicyclic amines) is 1. The van der Waals surface area contributed by atoms with Crippen molar-refractivity contribution in [3.63, 3.8) is 0 Å². The molecular weight excluding hydrogens is 387 g/mol. The maximum absolute atomic E-state index is 14.1. The van der Waals surface area contributed by atoms with Gasteiger partial charge >= 0.3 is 6.09 Å². The molecule has 2 aromatic carbocycles. The van der Waals surface area contributed by atoms with E-state index in [9.17, 15) is 14.0 Å². The van der Waals surface area contributed by atoms with Crippen LogP contribution in [-0.2, 0) is 4.74 Å². The van der Waals surface area contributed by atoms with E-state index < -0.39 is 17.5 Å². The first-order valence-corrected chi connectivity index (χ1v) is 9.50. The topological polar surface area (TPSA) is 94.5 Å². The van der Waals surface area contributed by atoms with E-state index in [-0.39, 0.29) is 23.2 Å². The number of rotatable bonds is 4. The summed E-state index contributed by atoms with van der Waals surface area (Å²) in [4.78, 5) is 26.2. The van der Waals surface area contributed by atoms with Crippen molar-refractivity contribution in [1.82, 2.24) is 4.90 Å². The predicted molar refractivity (Wildman–Crippen MR) is 111 cm³/mol. The first-order chi connectivity index (χ1) is 14.1. The number of ether oxygens (including phenoxy) is 1. The fourth-order valence-electron chi connectivity index (χ4n) is 3.00. The molecule has 0 spiro atoms. The molecule has 0 bridgehead atoms. The molecule has 8 heteroatoms. The second-order valence-electron chi connectivity index (χ2n) is 8.07. The molecule has 1 fully saturated rings. The van der Waals surface area contributed by atoms with Crippen LogP contribution in [0.2, 0.25) is 0 Å². The summed E-state index contributed by atoms with van der Waals surface area (Å²) in [7, 11) is 0. The van der Waals surface area contributed by atoms with Crippen molar-refractivity contribution in [3.05, 3.63) is 59.4 Å². The Labute approximate surface area is 174 Å². The number of carbonyl (C=O) groups is 2. The van der Waals surface area contributed by atoms with Crippen molar-refractivity contribution < 1.29 is 18.7 Å². The highest BCUT2D eigenvalue weighted by atomic mass is 19.1. The molecule has 0 aromatic heterocycles. The van der Waals surface area contributed by atoms with Crippen molar-refractivity contribution in [1.29, 1.82) is 5.26 Å². The highest BCUT2D eigenvalue weighted by Gasteiger charge is 2.31. The van der Waals surface area contributed by atoms with E-state index >= 15 is 0 Å². The third-order valence-corrected chi connectivity index (χ3v) is 4.38. The highest BCUT2D eigenvalue weighted by molar-refractivity contribution is 5.97. The Morgan fingerprint density at radius 3 is 2.60 bits per heavy atom. The number of nitrogens with one attached hydrogen (secondary N) is 2. The molecule has 0 saturated carbocycles. The Balaban J connectivity index is 1.60. The van der Waals surface area contributed by atoms with E-state index in [4.69, 9.17) is 10.00 Å². The van der Waals surface area contributed by atoms with Gasteiger partial charge in [0.1, 0.15) is 11.4 Å². The average Bonchev–Trinajstić information content (AvgIpc) is 2.64. The van der Waals surface area contributed by atoms with E-state index in [0.29, 0.717) is 18.7 Å². The van der Waals surface area contributed by atoms with E-state index in [1.165, 1.54) is 12.1 Å². The number of halogens is 1. The van der Waals surface area contributed by atoms with E-state index in [2.05, 4.69) is 16.7 Å². The first-order valence-electron chi connectivity index (χ1n) is 9.50. The van der Waals surface area contributed by atoms with Crippen LogP contribution < -0.4 is 10.6 Å². The van der Waals surface area contributed by atoms with Gasteiger partial charge < -0.3 is 15.0 Å². The zero-order chi connectivity index (χ0) is 21.9. The molecule has 0 aliphatic carbocycles. The molecule has 2 amide bonds. The largest absolute Gasteiger partial charge is 0.444 e. The summed E-state index contributed by atoms with van der Waals surface area (Å²) in [5.74, 6) is -0.913. The van der Waals surface area contributed by atoms with Crippen molar-refractivity contribution in [2.75, 3.05) is 23.7 Å².